The molecule has 0 saturated heterocycles. The summed E-state index contributed by atoms with van der Waals surface area (Å²) in [6, 6.07) is 19.8. The first-order chi connectivity index (χ1) is 12.1. The molecule has 0 aliphatic carbocycles. The molecule has 3 aromatic rings. The molecule has 0 fully saturated rings. The third kappa shape index (κ3) is 4.81. The van der Waals surface area contributed by atoms with Crippen LogP contribution in [0.5, 0.6) is 0 Å². The Morgan fingerprint density at radius 3 is 2.60 bits per heavy atom. The van der Waals surface area contributed by atoms with Crippen molar-refractivity contribution in [3.63, 3.8) is 0 Å². The largest absolute Gasteiger partial charge is 0.455 e. The molecule has 1 aromatic heterocycles. The summed E-state index contributed by atoms with van der Waals surface area (Å²) in [6.45, 7) is 0.421. The summed E-state index contributed by atoms with van der Waals surface area (Å²) in [5.74, 6) is 0.576. The molecular weight excluding hydrogens is 358 g/mol. The van der Waals surface area contributed by atoms with Crippen LogP contribution in [0.3, 0.4) is 0 Å². The van der Waals surface area contributed by atoms with Crippen LogP contribution in [0.2, 0.25) is 5.02 Å². The van der Waals surface area contributed by atoms with Gasteiger partial charge in [0.25, 0.3) is 5.91 Å². The van der Waals surface area contributed by atoms with Crippen LogP contribution in [0, 0.1) is 0 Å². The molecular formula is C19H16ClNO3S. The minimum absolute atomic E-state index is 0.187. The van der Waals surface area contributed by atoms with Crippen LogP contribution < -0.4 is 5.32 Å². The Hall–Kier alpha value is -2.37. The van der Waals surface area contributed by atoms with Crippen LogP contribution in [0.15, 0.2) is 76.0 Å². The van der Waals surface area contributed by atoms with Gasteiger partial charge < -0.3 is 9.73 Å². The second-order valence-electron chi connectivity index (χ2n) is 5.38. The smallest absolute Gasteiger partial charge is 0.287 e. The number of carbonyl (C=O) groups excluding carboxylic acids is 1. The van der Waals surface area contributed by atoms with Crippen molar-refractivity contribution in [1.82, 2.24) is 5.32 Å². The summed E-state index contributed by atoms with van der Waals surface area (Å²) in [7, 11) is -1.29. The molecule has 3 rings (SSSR count). The maximum atomic E-state index is 12.3. The van der Waals surface area contributed by atoms with Gasteiger partial charge in [0.2, 0.25) is 0 Å². The number of carbonyl (C=O) groups is 1. The van der Waals surface area contributed by atoms with Crippen molar-refractivity contribution in [2.75, 3.05) is 0 Å². The van der Waals surface area contributed by atoms with E-state index in [0.29, 0.717) is 22.2 Å². The summed E-state index contributed by atoms with van der Waals surface area (Å²) in [5, 5.41) is 3.33. The molecule has 0 spiro atoms. The minimum Gasteiger partial charge on any atom is -0.455 e. The second kappa shape index (κ2) is 8.14. The highest BCUT2D eigenvalue weighted by Gasteiger charge is 2.13. The average molecular weight is 374 g/mol. The Kier molecular flexibility index (Phi) is 5.68. The normalized spacial score (nSPS) is 11.9. The van der Waals surface area contributed by atoms with Crippen LogP contribution in [-0.4, -0.2) is 10.1 Å². The van der Waals surface area contributed by atoms with Gasteiger partial charge in [-0.15, -0.1) is 0 Å². The lowest BCUT2D eigenvalue weighted by Crippen LogP contribution is -2.22. The van der Waals surface area contributed by atoms with Crippen molar-refractivity contribution in [3.05, 3.63) is 88.8 Å². The fraction of sp³-hybridized carbons (Fsp3) is 0.105. The average Bonchev–Trinajstić information content (AvgIpc) is 3.09. The summed E-state index contributed by atoms with van der Waals surface area (Å²) in [5.41, 5.74) is 1.00. The van der Waals surface area contributed by atoms with Crippen molar-refractivity contribution in [2.45, 2.75) is 17.2 Å². The van der Waals surface area contributed by atoms with Gasteiger partial charge in [-0.25, -0.2) is 0 Å². The van der Waals surface area contributed by atoms with E-state index in [1.54, 1.807) is 36.4 Å². The molecule has 1 amide bonds. The number of hydrogen-bond donors (Lipinski definition) is 1. The first kappa shape index (κ1) is 17.5. The number of hydrogen-bond acceptors (Lipinski definition) is 3. The SMILES string of the molecule is O=C(NCc1ccccc1)c1ccc(CS(=O)c2cccc(Cl)c2)o1. The van der Waals surface area contributed by atoms with Gasteiger partial charge in [-0.1, -0.05) is 48.0 Å². The summed E-state index contributed by atoms with van der Waals surface area (Å²) in [4.78, 5) is 12.8. The number of benzene rings is 2. The number of amides is 1. The van der Waals surface area contributed by atoms with Crippen molar-refractivity contribution in [3.8, 4) is 0 Å². The van der Waals surface area contributed by atoms with Crippen molar-refractivity contribution >= 4 is 28.3 Å². The van der Waals surface area contributed by atoms with Crippen molar-refractivity contribution < 1.29 is 13.4 Å². The Balaban J connectivity index is 1.60. The van der Waals surface area contributed by atoms with Gasteiger partial charge in [-0.2, -0.15) is 0 Å². The lowest BCUT2D eigenvalue weighted by Gasteiger charge is -2.03. The Morgan fingerprint density at radius 1 is 1.04 bits per heavy atom. The lowest BCUT2D eigenvalue weighted by atomic mass is 10.2. The van der Waals surface area contributed by atoms with Gasteiger partial charge in [-0.05, 0) is 35.9 Å². The second-order valence-corrected chi connectivity index (χ2v) is 7.27. The van der Waals surface area contributed by atoms with E-state index in [9.17, 15) is 9.00 Å². The van der Waals surface area contributed by atoms with Crippen LogP contribution in [0.4, 0.5) is 0 Å². The molecule has 0 bridgehead atoms. The van der Waals surface area contributed by atoms with E-state index in [0.717, 1.165) is 5.56 Å². The molecule has 6 heteroatoms. The summed E-state index contributed by atoms with van der Waals surface area (Å²) < 4.78 is 17.9. The van der Waals surface area contributed by atoms with E-state index in [1.807, 2.05) is 30.3 Å². The van der Waals surface area contributed by atoms with Gasteiger partial charge in [-0.3, -0.25) is 9.00 Å². The van der Waals surface area contributed by atoms with E-state index in [2.05, 4.69) is 5.32 Å². The van der Waals surface area contributed by atoms with E-state index >= 15 is 0 Å². The van der Waals surface area contributed by atoms with Gasteiger partial charge in [0.1, 0.15) is 5.76 Å². The predicted octanol–water partition coefficient (Wildman–Crippen LogP) is 4.17. The fourth-order valence-electron chi connectivity index (χ4n) is 2.26. The van der Waals surface area contributed by atoms with Gasteiger partial charge in [0.05, 0.1) is 16.6 Å². The molecule has 0 aliphatic rings. The zero-order valence-electron chi connectivity index (χ0n) is 13.3. The maximum Gasteiger partial charge on any atom is 0.287 e. The van der Waals surface area contributed by atoms with Gasteiger partial charge in [0, 0.05) is 16.5 Å². The van der Waals surface area contributed by atoms with Gasteiger partial charge in [0.15, 0.2) is 5.76 Å². The van der Waals surface area contributed by atoms with Crippen LogP contribution in [0.25, 0.3) is 0 Å². The third-order valence-corrected chi connectivity index (χ3v) is 5.08. The molecule has 1 heterocycles. The Labute approximate surface area is 153 Å². The van der Waals surface area contributed by atoms with Gasteiger partial charge >= 0.3 is 0 Å². The van der Waals surface area contributed by atoms with E-state index in [-0.39, 0.29) is 17.4 Å². The van der Waals surface area contributed by atoms with E-state index in [4.69, 9.17) is 16.0 Å². The Bertz CT molecular complexity index is 892. The highest BCUT2D eigenvalue weighted by atomic mass is 35.5. The standard InChI is InChI=1S/C19H16ClNO3S/c20-15-7-4-8-17(11-15)25(23)13-16-9-10-18(24-16)19(22)21-12-14-5-2-1-3-6-14/h1-11H,12-13H2,(H,21,22). The molecule has 1 atom stereocenters. The predicted molar refractivity (Wildman–Crippen MR) is 97.9 cm³/mol. The highest BCUT2D eigenvalue weighted by Crippen LogP contribution is 2.18. The Morgan fingerprint density at radius 2 is 1.84 bits per heavy atom. The minimum atomic E-state index is -1.29. The quantitative estimate of drug-likeness (QED) is 0.705. The molecule has 1 N–H and O–H groups in total. The monoisotopic (exact) mass is 373 g/mol. The number of rotatable bonds is 6. The van der Waals surface area contributed by atoms with Crippen LogP contribution in [0.1, 0.15) is 21.9 Å². The molecule has 128 valence electrons. The fourth-order valence-corrected chi connectivity index (χ4v) is 3.59. The molecule has 2 aromatic carbocycles. The van der Waals surface area contributed by atoms with Crippen LogP contribution >= 0.6 is 11.6 Å². The first-order valence-corrected chi connectivity index (χ1v) is 9.36. The number of halogens is 1. The topological polar surface area (TPSA) is 59.3 Å². The van der Waals surface area contributed by atoms with Crippen LogP contribution in [-0.2, 0) is 23.1 Å². The molecule has 0 aliphatic heterocycles. The first-order valence-electron chi connectivity index (χ1n) is 7.66. The third-order valence-electron chi connectivity index (χ3n) is 3.51. The van der Waals surface area contributed by atoms with Crippen molar-refractivity contribution in [1.29, 1.82) is 0 Å². The molecule has 25 heavy (non-hydrogen) atoms. The van der Waals surface area contributed by atoms with E-state index in [1.165, 1.54) is 0 Å². The number of furan rings is 1. The molecule has 0 radical (unpaired) electrons. The molecule has 0 saturated carbocycles. The zero-order valence-corrected chi connectivity index (χ0v) is 14.8. The maximum absolute atomic E-state index is 12.3. The highest BCUT2D eigenvalue weighted by molar-refractivity contribution is 7.84. The van der Waals surface area contributed by atoms with E-state index < -0.39 is 10.8 Å². The van der Waals surface area contributed by atoms with Crippen molar-refractivity contribution in [2.24, 2.45) is 0 Å². The zero-order chi connectivity index (χ0) is 17.6. The number of nitrogens with one attached hydrogen (secondary N) is 1. The summed E-state index contributed by atoms with van der Waals surface area (Å²) in [6.07, 6.45) is 0. The lowest BCUT2D eigenvalue weighted by molar-refractivity contribution is 0.0921. The summed E-state index contributed by atoms with van der Waals surface area (Å²) >= 11 is 5.91. The molecule has 4 nitrogen and oxygen atoms in total. The molecule has 1 unspecified atom stereocenters.